The normalized spacial score (nSPS) is 14.4. The molecule has 0 saturated heterocycles. The van der Waals surface area contributed by atoms with Crippen molar-refractivity contribution in [1.29, 1.82) is 0 Å². The van der Waals surface area contributed by atoms with Crippen molar-refractivity contribution in [3.8, 4) is 0 Å². The first kappa shape index (κ1) is 13.3. The second-order valence-electron chi connectivity index (χ2n) is 4.71. The molecule has 2 atom stereocenters. The van der Waals surface area contributed by atoms with Crippen molar-refractivity contribution in [2.75, 3.05) is 6.54 Å². The van der Waals surface area contributed by atoms with Crippen molar-refractivity contribution in [1.82, 2.24) is 0 Å². The van der Waals surface area contributed by atoms with Gasteiger partial charge in [0, 0.05) is 12.5 Å². The molecular weight excluding hydrogens is 242 g/mol. The number of rotatable bonds is 4. The van der Waals surface area contributed by atoms with E-state index >= 15 is 0 Å². The summed E-state index contributed by atoms with van der Waals surface area (Å²) in [5.41, 5.74) is 10.3. The molecule has 0 saturated carbocycles. The van der Waals surface area contributed by atoms with Crippen LogP contribution in [-0.4, -0.2) is 11.7 Å². The van der Waals surface area contributed by atoms with Gasteiger partial charge in [0.1, 0.15) is 0 Å². The van der Waals surface area contributed by atoms with E-state index in [9.17, 15) is 5.11 Å². The van der Waals surface area contributed by atoms with E-state index in [1.807, 2.05) is 12.3 Å². The number of benzene rings is 1. The van der Waals surface area contributed by atoms with E-state index in [0.29, 0.717) is 6.54 Å². The molecule has 0 radical (unpaired) electrons. The Balaban J connectivity index is 2.28. The van der Waals surface area contributed by atoms with Crippen LogP contribution in [-0.2, 0) is 0 Å². The summed E-state index contributed by atoms with van der Waals surface area (Å²) in [6.07, 6.45) is -0.524. The highest BCUT2D eigenvalue weighted by atomic mass is 32.1. The Hall–Kier alpha value is -1.16. The van der Waals surface area contributed by atoms with Gasteiger partial charge in [0.05, 0.1) is 6.10 Å². The largest absolute Gasteiger partial charge is 0.388 e. The summed E-state index contributed by atoms with van der Waals surface area (Å²) >= 11 is 1.62. The van der Waals surface area contributed by atoms with Crippen molar-refractivity contribution in [2.45, 2.75) is 25.9 Å². The number of thiophene rings is 1. The molecule has 0 bridgehead atoms. The van der Waals surface area contributed by atoms with Gasteiger partial charge in [0.15, 0.2) is 0 Å². The highest BCUT2D eigenvalue weighted by Crippen LogP contribution is 2.33. The van der Waals surface area contributed by atoms with Crippen LogP contribution in [0.5, 0.6) is 0 Å². The Morgan fingerprint density at radius 2 is 1.83 bits per heavy atom. The second-order valence-corrected chi connectivity index (χ2v) is 5.45. The smallest absolute Gasteiger partial charge is 0.0881 e. The molecule has 2 rings (SSSR count). The molecule has 18 heavy (non-hydrogen) atoms. The van der Waals surface area contributed by atoms with Crippen LogP contribution >= 0.6 is 11.3 Å². The van der Waals surface area contributed by atoms with Gasteiger partial charge in [-0.2, -0.15) is 11.3 Å². The van der Waals surface area contributed by atoms with Crippen LogP contribution in [0.25, 0.3) is 0 Å². The molecule has 1 aromatic heterocycles. The van der Waals surface area contributed by atoms with Crippen molar-refractivity contribution in [3.05, 3.63) is 57.3 Å². The number of hydrogen-bond donors (Lipinski definition) is 2. The highest BCUT2D eigenvalue weighted by Gasteiger charge is 2.23. The molecule has 0 amide bonds. The summed E-state index contributed by atoms with van der Waals surface area (Å²) in [6, 6.07) is 8.23. The lowest BCUT2D eigenvalue weighted by atomic mass is 9.89. The van der Waals surface area contributed by atoms with Crippen LogP contribution in [0.15, 0.2) is 35.0 Å². The number of aryl methyl sites for hydroxylation is 2. The molecule has 0 spiro atoms. The lowest BCUT2D eigenvalue weighted by Crippen LogP contribution is -2.20. The van der Waals surface area contributed by atoms with Crippen LogP contribution in [0.4, 0.5) is 0 Å². The second kappa shape index (κ2) is 5.65. The summed E-state index contributed by atoms with van der Waals surface area (Å²) in [7, 11) is 0. The van der Waals surface area contributed by atoms with Crippen molar-refractivity contribution in [3.63, 3.8) is 0 Å². The van der Waals surface area contributed by atoms with Gasteiger partial charge in [0.2, 0.25) is 0 Å². The third-order valence-electron chi connectivity index (χ3n) is 3.35. The van der Waals surface area contributed by atoms with Crippen molar-refractivity contribution >= 4 is 11.3 Å². The molecule has 3 heteroatoms. The van der Waals surface area contributed by atoms with E-state index in [2.05, 4.69) is 36.6 Å². The Bertz CT molecular complexity index is 503. The molecule has 1 heterocycles. The summed E-state index contributed by atoms with van der Waals surface area (Å²) in [4.78, 5) is 0. The van der Waals surface area contributed by atoms with Crippen molar-refractivity contribution < 1.29 is 5.11 Å². The number of aliphatic hydroxyl groups is 1. The first-order chi connectivity index (χ1) is 8.63. The predicted octanol–water partition coefficient (Wildman–Crippen LogP) is 3.14. The molecule has 1 aromatic carbocycles. The van der Waals surface area contributed by atoms with Crippen LogP contribution in [0.2, 0.25) is 0 Å². The van der Waals surface area contributed by atoms with E-state index in [-0.39, 0.29) is 5.92 Å². The maximum Gasteiger partial charge on any atom is 0.0881 e. The minimum absolute atomic E-state index is 0.0427. The molecule has 96 valence electrons. The summed E-state index contributed by atoms with van der Waals surface area (Å²) < 4.78 is 0. The standard InChI is InChI=1S/C15H19NOS/c1-10-3-5-12(6-4-10)13(7-16)15(17)14-9-18-8-11(14)2/h3-6,8-9,13,15,17H,7,16H2,1-2H3. The molecule has 2 aromatic rings. The van der Waals surface area contributed by atoms with Crippen LogP contribution in [0, 0.1) is 13.8 Å². The molecule has 0 aliphatic rings. The zero-order valence-electron chi connectivity index (χ0n) is 10.8. The third-order valence-corrected chi connectivity index (χ3v) is 4.23. The monoisotopic (exact) mass is 261 g/mol. The lowest BCUT2D eigenvalue weighted by molar-refractivity contribution is 0.147. The average Bonchev–Trinajstić information content (AvgIpc) is 2.78. The van der Waals surface area contributed by atoms with Crippen LogP contribution in [0.3, 0.4) is 0 Å². The maximum atomic E-state index is 10.5. The van der Waals surface area contributed by atoms with Gasteiger partial charge in [-0.15, -0.1) is 0 Å². The topological polar surface area (TPSA) is 46.2 Å². The molecule has 0 aliphatic carbocycles. The molecular formula is C15H19NOS. The molecule has 2 nitrogen and oxygen atoms in total. The van der Waals surface area contributed by atoms with Gasteiger partial charge >= 0.3 is 0 Å². The SMILES string of the molecule is Cc1ccc(C(CN)C(O)c2cscc2C)cc1. The fourth-order valence-corrected chi connectivity index (χ4v) is 3.03. The first-order valence-corrected chi connectivity index (χ1v) is 7.05. The number of hydrogen-bond acceptors (Lipinski definition) is 3. The quantitative estimate of drug-likeness (QED) is 0.888. The summed E-state index contributed by atoms with van der Waals surface area (Å²) in [5, 5.41) is 14.6. The minimum atomic E-state index is -0.524. The fourth-order valence-electron chi connectivity index (χ4n) is 2.15. The van der Waals surface area contributed by atoms with E-state index in [4.69, 9.17) is 5.73 Å². The van der Waals surface area contributed by atoms with Gasteiger partial charge in [0.25, 0.3) is 0 Å². The summed E-state index contributed by atoms with van der Waals surface area (Å²) in [5.74, 6) is -0.0427. The maximum absolute atomic E-state index is 10.5. The zero-order valence-corrected chi connectivity index (χ0v) is 11.6. The van der Waals surface area contributed by atoms with Gasteiger partial charge < -0.3 is 10.8 Å². The van der Waals surface area contributed by atoms with Gasteiger partial charge in [-0.05, 0) is 41.3 Å². The van der Waals surface area contributed by atoms with Gasteiger partial charge in [-0.3, -0.25) is 0 Å². The molecule has 2 unspecified atom stereocenters. The van der Waals surface area contributed by atoms with E-state index in [1.54, 1.807) is 11.3 Å². The Labute approximate surface area is 112 Å². The number of aliphatic hydroxyl groups excluding tert-OH is 1. The van der Waals surface area contributed by atoms with Crippen LogP contribution in [0.1, 0.15) is 34.3 Å². The van der Waals surface area contributed by atoms with Crippen LogP contribution < -0.4 is 5.73 Å². The van der Waals surface area contributed by atoms with E-state index in [0.717, 1.165) is 16.7 Å². The predicted molar refractivity (Wildman–Crippen MR) is 77.0 cm³/mol. The Kier molecular flexibility index (Phi) is 4.17. The van der Waals surface area contributed by atoms with Gasteiger partial charge in [-0.1, -0.05) is 29.8 Å². The third kappa shape index (κ3) is 2.64. The fraction of sp³-hybridized carbons (Fsp3) is 0.333. The van der Waals surface area contributed by atoms with Crippen molar-refractivity contribution in [2.24, 2.45) is 5.73 Å². The number of nitrogens with two attached hydrogens (primary N) is 1. The Morgan fingerprint density at radius 1 is 1.17 bits per heavy atom. The lowest BCUT2D eigenvalue weighted by Gasteiger charge is -2.22. The average molecular weight is 261 g/mol. The zero-order chi connectivity index (χ0) is 13.1. The summed E-state index contributed by atoms with van der Waals surface area (Å²) in [6.45, 7) is 4.53. The highest BCUT2D eigenvalue weighted by molar-refractivity contribution is 7.08. The molecule has 0 fully saturated rings. The Morgan fingerprint density at radius 3 is 2.33 bits per heavy atom. The van der Waals surface area contributed by atoms with E-state index in [1.165, 1.54) is 5.56 Å². The van der Waals surface area contributed by atoms with E-state index < -0.39 is 6.10 Å². The molecule has 0 aliphatic heterocycles. The van der Waals surface area contributed by atoms with Gasteiger partial charge in [-0.25, -0.2) is 0 Å². The molecule has 3 N–H and O–H groups in total. The minimum Gasteiger partial charge on any atom is -0.388 e. The first-order valence-electron chi connectivity index (χ1n) is 6.11.